The average molecular weight is 308 g/mol. The second-order valence-corrected chi connectivity index (χ2v) is 5.56. The fourth-order valence-corrected chi connectivity index (χ4v) is 2.67. The van der Waals surface area contributed by atoms with Gasteiger partial charge in [0.25, 0.3) is 0 Å². The van der Waals surface area contributed by atoms with Crippen LogP contribution in [-0.2, 0) is 4.79 Å². The number of hydrogen-bond acceptors (Lipinski definition) is 6. The molecule has 1 saturated carbocycles. The largest absolute Gasteiger partial charge is 0.480 e. The van der Waals surface area contributed by atoms with Crippen molar-refractivity contribution in [2.45, 2.75) is 38.8 Å². The van der Waals surface area contributed by atoms with E-state index in [0.717, 1.165) is 18.4 Å². The number of aliphatic carboxylic acids is 1. The van der Waals surface area contributed by atoms with Crippen molar-refractivity contribution in [3.63, 3.8) is 0 Å². The van der Waals surface area contributed by atoms with E-state index in [1.165, 1.54) is 6.07 Å². The van der Waals surface area contributed by atoms with E-state index in [4.69, 9.17) is 5.11 Å². The van der Waals surface area contributed by atoms with Crippen LogP contribution in [-0.4, -0.2) is 51.1 Å². The van der Waals surface area contributed by atoms with Crippen LogP contribution >= 0.6 is 0 Å². The minimum absolute atomic E-state index is 0.0246. The lowest BCUT2D eigenvalue weighted by Crippen LogP contribution is -2.51. The molecule has 0 spiro atoms. The van der Waals surface area contributed by atoms with Crippen molar-refractivity contribution in [3.8, 4) is 0 Å². The van der Waals surface area contributed by atoms with Gasteiger partial charge in [-0.25, -0.2) is 4.98 Å². The topological polar surface area (TPSA) is 109 Å². The zero-order valence-electron chi connectivity index (χ0n) is 12.7. The molecule has 1 fully saturated rings. The Hall–Kier alpha value is -2.22. The zero-order valence-corrected chi connectivity index (χ0v) is 12.7. The number of carboxylic acid groups (broad SMARTS) is 1. The highest BCUT2D eigenvalue weighted by molar-refractivity contribution is 5.69. The van der Waals surface area contributed by atoms with Gasteiger partial charge in [0.2, 0.25) is 5.82 Å². The molecule has 0 saturated heterocycles. The Morgan fingerprint density at radius 2 is 2.27 bits per heavy atom. The van der Waals surface area contributed by atoms with Crippen molar-refractivity contribution in [2.75, 3.05) is 18.4 Å². The number of aromatic nitrogens is 1. The summed E-state index contributed by atoms with van der Waals surface area (Å²) in [6.07, 6.45) is 3.11. The molecule has 1 aromatic rings. The first kappa shape index (κ1) is 16.2. The van der Waals surface area contributed by atoms with Gasteiger partial charge >= 0.3 is 11.7 Å². The van der Waals surface area contributed by atoms with Crippen LogP contribution in [0.3, 0.4) is 0 Å². The first-order valence-electron chi connectivity index (χ1n) is 7.24. The number of carboxylic acids is 1. The molecular weight excluding hydrogens is 288 g/mol. The number of hydrogen-bond donors (Lipinski definition) is 2. The van der Waals surface area contributed by atoms with Crippen LogP contribution in [0.25, 0.3) is 0 Å². The van der Waals surface area contributed by atoms with E-state index in [-0.39, 0.29) is 30.1 Å². The van der Waals surface area contributed by atoms with Gasteiger partial charge in [-0.2, -0.15) is 0 Å². The first-order chi connectivity index (χ1) is 10.4. The molecule has 1 aliphatic carbocycles. The molecule has 2 rings (SSSR count). The molecule has 0 amide bonds. The Balaban J connectivity index is 1.95. The predicted molar refractivity (Wildman–Crippen MR) is 80.9 cm³/mol. The van der Waals surface area contributed by atoms with E-state index in [1.807, 2.05) is 11.8 Å². The normalized spacial score (nSPS) is 20.5. The van der Waals surface area contributed by atoms with Gasteiger partial charge in [0.05, 0.1) is 11.5 Å². The summed E-state index contributed by atoms with van der Waals surface area (Å²) in [6, 6.07) is 1.78. The lowest BCUT2D eigenvalue weighted by Gasteiger charge is -2.42. The van der Waals surface area contributed by atoms with Crippen LogP contribution < -0.4 is 5.32 Å². The van der Waals surface area contributed by atoms with Gasteiger partial charge in [-0.05, 0) is 31.9 Å². The second-order valence-electron chi connectivity index (χ2n) is 5.56. The number of aryl methyl sites for hydroxylation is 1. The van der Waals surface area contributed by atoms with Crippen LogP contribution in [0, 0.1) is 17.0 Å². The second kappa shape index (κ2) is 6.69. The number of nitrogens with one attached hydrogen (secondary N) is 1. The molecule has 0 atom stereocenters. The number of pyridine rings is 1. The zero-order chi connectivity index (χ0) is 16.3. The third kappa shape index (κ3) is 3.70. The van der Waals surface area contributed by atoms with E-state index >= 15 is 0 Å². The summed E-state index contributed by atoms with van der Waals surface area (Å²) >= 11 is 0. The monoisotopic (exact) mass is 308 g/mol. The predicted octanol–water partition coefficient (Wildman–Crippen LogP) is 1.65. The SMILES string of the molecule is CCN(CC(=O)O)C1CC(Nc2ncc(C)cc2[N+](=O)[O-])C1. The third-order valence-corrected chi connectivity index (χ3v) is 3.92. The Labute approximate surface area is 128 Å². The molecule has 1 aliphatic rings. The number of rotatable bonds is 7. The van der Waals surface area contributed by atoms with Gasteiger partial charge in [0.15, 0.2) is 0 Å². The number of likely N-dealkylation sites (N-methyl/N-ethyl adjacent to an activating group) is 1. The van der Waals surface area contributed by atoms with Crippen LogP contribution in [0.15, 0.2) is 12.3 Å². The molecule has 8 heteroatoms. The number of anilines is 1. The molecule has 22 heavy (non-hydrogen) atoms. The van der Waals surface area contributed by atoms with Crippen molar-refractivity contribution in [1.82, 2.24) is 9.88 Å². The highest BCUT2D eigenvalue weighted by Crippen LogP contribution is 2.31. The maximum absolute atomic E-state index is 11.1. The molecule has 0 radical (unpaired) electrons. The van der Waals surface area contributed by atoms with Gasteiger partial charge in [-0.1, -0.05) is 6.92 Å². The van der Waals surface area contributed by atoms with Crippen molar-refractivity contribution in [1.29, 1.82) is 0 Å². The molecule has 1 aromatic heterocycles. The third-order valence-electron chi connectivity index (χ3n) is 3.92. The summed E-state index contributed by atoms with van der Waals surface area (Å²) in [5.74, 6) is -0.561. The Morgan fingerprint density at radius 3 is 2.82 bits per heavy atom. The Kier molecular flexibility index (Phi) is 4.92. The van der Waals surface area contributed by atoms with Gasteiger partial charge in [0, 0.05) is 24.3 Å². The highest BCUT2D eigenvalue weighted by atomic mass is 16.6. The molecular formula is C14H20N4O4. The summed E-state index contributed by atoms with van der Waals surface area (Å²) in [5, 5.41) is 23.0. The Bertz CT molecular complexity index is 572. The molecule has 0 aromatic carbocycles. The van der Waals surface area contributed by atoms with Crippen LogP contribution in [0.4, 0.5) is 11.5 Å². The standard InChI is InChI=1S/C14H20N4O4/c1-3-17(8-13(19)20)11-5-10(6-11)16-14-12(18(21)22)4-9(2)7-15-14/h4,7,10-11H,3,5-6,8H2,1-2H3,(H,15,16)(H,19,20). The number of nitrogens with zero attached hydrogens (tertiary/aromatic N) is 3. The fraction of sp³-hybridized carbons (Fsp3) is 0.571. The maximum Gasteiger partial charge on any atom is 0.317 e. The van der Waals surface area contributed by atoms with Gasteiger partial charge in [-0.15, -0.1) is 0 Å². The minimum Gasteiger partial charge on any atom is -0.480 e. The van der Waals surface area contributed by atoms with Gasteiger partial charge in [0.1, 0.15) is 0 Å². The summed E-state index contributed by atoms with van der Waals surface area (Å²) in [7, 11) is 0. The molecule has 8 nitrogen and oxygen atoms in total. The molecule has 0 aliphatic heterocycles. The molecule has 120 valence electrons. The smallest absolute Gasteiger partial charge is 0.317 e. The minimum atomic E-state index is -0.839. The van der Waals surface area contributed by atoms with Crippen LogP contribution in [0.5, 0.6) is 0 Å². The van der Waals surface area contributed by atoms with E-state index < -0.39 is 10.9 Å². The van der Waals surface area contributed by atoms with E-state index in [0.29, 0.717) is 6.54 Å². The quantitative estimate of drug-likeness (QED) is 0.582. The molecule has 0 unspecified atom stereocenters. The lowest BCUT2D eigenvalue weighted by molar-refractivity contribution is -0.384. The van der Waals surface area contributed by atoms with Crippen LogP contribution in [0.2, 0.25) is 0 Å². The summed E-state index contributed by atoms with van der Waals surface area (Å²) < 4.78 is 0. The van der Waals surface area contributed by atoms with Crippen molar-refractivity contribution < 1.29 is 14.8 Å². The van der Waals surface area contributed by atoms with Crippen LogP contribution in [0.1, 0.15) is 25.3 Å². The molecule has 2 N–H and O–H groups in total. The van der Waals surface area contributed by atoms with E-state index in [2.05, 4.69) is 10.3 Å². The number of nitro groups is 1. The summed E-state index contributed by atoms with van der Waals surface area (Å²) in [4.78, 5) is 27.4. The average Bonchev–Trinajstić information content (AvgIpc) is 2.41. The van der Waals surface area contributed by atoms with Crippen molar-refractivity contribution >= 4 is 17.5 Å². The van der Waals surface area contributed by atoms with E-state index in [1.54, 1.807) is 13.1 Å². The van der Waals surface area contributed by atoms with Gasteiger partial charge in [-0.3, -0.25) is 19.8 Å². The number of carbonyl (C=O) groups is 1. The van der Waals surface area contributed by atoms with Crippen molar-refractivity contribution in [3.05, 3.63) is 27.9 Å². The molecule has 0 bridgehead atoms. The van der Waals surface area contributed by atoms with Gasteiger partial charge < -0.3 is 10.4 Å². The highest BCUT2D eigenvalue weighted by Gasteiger charge is 2.35. The van der Waals surface area contributed by atoms with Crippen molar-refractivity contribution in [2.24, 2.45) is 0 Å². The van der Waals surface area contributed by atoms with E-state index in [9.17, 15) is 14.9 Å². The Morgan fingerprint density at radius 1 is 1.59 bits per heavy atom. The summed E-state index contributed by atoms with van der Waals surface area (Å²) in [6.45, 7) is 4.38. The lowest BCUT2D eigenvalue weighted by atomic mass is 9.85. The maximum atomic E-state index is 11.1. The molecule has 1 heterocycles. The summed E-state index contributed by atoms with van der Waals surface area (Å²) in [5.41, 5.74) is 0.712. The fourth-order valence-electron chi connectivity index (χ4n) is 2.67. The first-order valence-corrected chi connectivity index (χ1v) is 7.24.